The maximum atomic E-state index is 13.2. The van der Waals surface area contributed by atoms with E-state index in [2.05, 4.69) is 67.8 Å². The number of hydrogen-bond donors (Lipinski definition) is 9. The Morgan fingerprint density at radius 3 is 1.61 bits per heavy atom. The van der Waals surface area contributed by atoms with Crippen LogP contribution in [0.4, 0.5) is 0 Å². The molecular formula is C52H91NO13. The number of nitrogens with one attached hydrogen (secondary N) is 1. The van der Waals surface area contributed by atoms with Crippen molar-refractivity contribution in [1.29, 1.82) is 0 Å². The fourth-order valence-corrected chi connectivity index (χ4v) is 7.94. The second-order valence-corrected chi connectivity index (χ2v) is 17.9. The van der Waals surface area contributed by atoms with E-state index in [1.54, 1.807) is 6.08 Å². The van der Waals surface area contributed by atoms with Gasteiger partial charge in [0.25, 0.3) is 0 Å². The molecule has 1 amide bonds. The molecule has 2 aliphatic heterocycles. The zero-order chi connectivity index (χ0) is 48.2. The van der Waals surface area contributed by atoms with Gasteiger partial charge in [-0.1, -0.05) is 145 Å². The van der Waals surface area contributed by atoms with Crippen LogP contribution in [0.25, 0.3) is 0 Å². The van der Waals surface area contributed by atoms with Gasteiger partial charge in [-0.15, -0.1) is 0 Å². The van der Waals surface area contributed by atoms with E-state index in [1.165, 1.54) is 64.2 Å². The van der Waals surface area contributed by atoms with Crippen LogP contribution in [-0.4, -0.2) is 140 Å². The SMILES string of the molecule is CCCCC/C=C\C/C=C\CCCCCCCC(=O)NC(COC1OC(CO)C(OC2OC(CO)C(O)C(O)C2O)C(O)C1O)C(O)/C=C/CC/C=C/CC/C=C/CCCCCCCCC. The number of amides is 1. The second-order valence-electron chi connectivity index (χ2n) is 17.9. The van der Waals surface area contributed by atoms with Gasteiger partial charge in [-0.25, -0.2) is 0 Å². The number of ether oxygens (including phenoxy) is 4. The zero-order valence-corrected chi connectivity index (χ0v) is 40.4. The monoisotopic (exact) mass is 938 g/mol. The smallest absolute Gasteiger partial charge is 0.220 e. The molecular weight excluding hydrogens is 847 g/mol. The van der Waals surface area contributed by atoms with Crippen molar-refractivity contribution in [3.05, 3.63) is 60.8 Å². The number of carbonyl (C=O) groups is 1. The van der Waals surface area contributed by atoms with Gasteiger partial charge in [0, 0.05) is 6.42 Å². The molecule has 0 radical (unpaired) electrons. The molecule has 0 aromatic carbocycles. The number of allylic oxidation sites excluding steroid dienone is 9. The third-order valence-electron chi connectivity index (χ3n) is 12.2. The number of unbranched alkanes of at least 4 members (excludes halogenated alkanes) is 17. The van der Waals surface area contributed by atoms with E-state index in [1.807, 2.05) is 6.08 Å². The predicted molar refractivity (Wildman–Crippen MR) is 258 cm³/mol. The minimum atomic E-state index is -1.79. The Morgan fingerprint density at radius 2 is 1.02 bits per heavy atom. The lowest BCUT2D eigenvalue weighted by atomic mass is 9.97. The highest BCUT2D eigenvalue weighted by Gasteiger charge is 2.51. The van der Waals surface area contributed by atoms with Crippen molar-refractivity contribution in [2.45, 2.75) is 242 Å². The Hall–Kier alpha value is -2.31. The van der Waals surface area contributed by atoms with Gasteiger partial charge in [-0.05, 0) is 77.0 Å². The van der Waals surface area contributed by atoms with E-state index in [0.717, 1.165) is 70.6 Å². The maximum absolute atomic E-state index is 13.2. The van der Waals surface area contributed by atoms with Crippen LogP contribution in [0.1, 0.15) is 168 Å². The van der Waals surface area contributed by atoms with E-state index in [4.69, 9.17) is 18.9 Å². The summed E-state index contributed by atoms with van der Waals surface area (Å²) in [6, 6.07) is -0.946. The van der Waals surface area contributed by atoms with Gasteiger partial charge in [0.2, 0.25) is 5.91 Å². The molecule has 0 aromatic rings. The van der Waals surface area contributed by atoms with E-state index in [-0.39, 0.29) is 18.9 Å². The van der Waals surface area contributed by atoms with Gasteiger partial charge in [-0.2, -0.15) is 0 Å². The minimum absolute atomic E-state index is 0.251. The van der Waals surface area contributed by atoms with Crippen LogP contribution in [0.2, 0.25) is 0 Å². The van der Waals surface area contributed by atoms with E-state index >= 15 is 0 Å². The summed E-state index contributed by atoms with van der Waals surface area (Å²) in [4.78, 5) is 13.2. The Bertz CT molecular complexity index is 1340. The van der Waals surface area contributed by atoms with Gasteiger partial charge in [0.15, 0.2) is 12.6 Å². The number of rotatable bonds is 38. The Morgan fingerprint density at radius 1 is 0.545 bits per heavy atom. The highest BCUT2D eigenvalue weighted by molar-refractivity contribution is 5.76. The molecule has 66 heavy (non-hydrogen) atoms. The summed E-state index contributed by atoms with van der Waals surface area (Å²) < 4.78 is 22.7. The molecule has 2 heterocycles. The summed E-state index contributed by atoms with van der Waals surface area (Å²) in [6.07, 6.45) is 29.7. The third kappa shape index (κ3) is 25.3. The van der Waals surface area contributed by atoms with Crippen LogP contribution in [-0.2, 0) is 23.7 Å². The average molecular weight is 938 g/mol. The molecule has 12 atom stereocenters. The summed E-state index contributed by atoms with van der Waals surface area (Å²) in [7, 11) is 0. The number of carbonyl (C=O) groups excluding carboxylic acids is 1. The fraction of sp³-hybridized carbons (Fsp3) is 0.788. The van der Waals surface area contributed by atoms with E-state index in [9.17, 15) is 45.6 Å². The van der Waals surface area contributed by atoms with Gasteiger partial charge >= 0.3 is 0 Å². The van der Waals surface area contributed by atoms with Crippen LogP contribution in [0.3, 0.4) is 0 Å². The second kappa shape index (κ2) is 38.5. The zero-order valence-electron chi connectivity index (χ0n) is 40.4. The maximum Gasteiger partial charge on any atom is 0.220 e. The molecule has 0 aliphatic carbocycles. The summed E-state index contributed by atoms with van der Waals surface area (Å²) in [5, 5.41) is 86.7. The van der Waals surface area contributed by atoms with Gasteiger partial charge in [0.05, 0.1) is 32.0 Å². The highest BCUT2D eigenvalue weighted by atomic mass is 16.7. The molecule has 0 saturated carbocycles. The first-order valence-corrected chi connectivity index (χ1v) is 25.5. The van der Waals surface area contributed by atoms with Crippen LogP contribution in [0, 0.1) is 0 Å². The van der Waals surface area contributed by atoms with E-state index < -0.39 is 86.8 Å². The van der Waals surface area contributed by atoms with Crippen LogP contribution in [0.5, 0.6) is 0 Å². The molecule has 0 spiro atoms. The molecule has 12 unspecified atom stereocenters. The number of aliphatic hydroxyl groups excluding tert-OH is 8. The largest absolute Gasteiger partial charge is 0.394 e. The fourth-order valence-electron chi connectivity index (χ4n) is 7.94. The number of aliphatic hydroxyl groups is 8. The minimum Gasteiger partial charge on any atom is -0.394 e. The van der Waals surface area contributed by atoms with E-state index in [0.29, 0.717) is 12.8 Å². The molecule has 9 N–H and O–H groups in total. The molecule has 382 valence electrons. The van der Waals surface area contributed by atoms with Crippen LogP contribution < -0.4 is 5.32 Å². The van der Waals surface area contributed by atoms with Crippen molar-refractivity contribution >= 4 is 5.91 Å². The topological polar surface area (TPSA) is 228 Å². The first-order valence-electron chi connectivity index (χ1n) is 25.5. The molecule has 2 aliphatic rings. The normalized spacial score (nSPS) is 27.3. The summed E-state index contributed by atoms with van der Waals surface area (Å²) >= 11 is 0. The van der Waals surface area contributed by atoms with Crippen molar-refractivity contribution in [2.24, 2.45) is 0 Å². The lowest BCUT2D eigenvalue weighted by molar-refractivity contribution is -0.359. The van der Waals surface area contributed by atoms with Crippen molar-refractivity contribution in [1.82, 2.24) is 5.32 Å². The molecule has 2 rings (SSSR count). The summed E-state index contributed by atoms with van der Waals surface area (Å²) in [5.41, 5.74) is 0. The molecule has 0 aromatic heterocycles. The van der Waals surface area contributed by atoms with Crippen molar-refractivity contribution in [2.75, 3.05) is 19.8 Å². The van der Waals surface area contributed by atoms with Gasteiger partial charge < -0.3 is 65.1 Å². The quantitative estimate of drug-likeness (QED) is 0.0234. The Labute approximate surface area is 396 Å². The van der Waals surface area contributed by atoms with Crippen LogP contribution >= 0.6 is 0 Å². The summed E-state index contributed by atoms with van der Waals surface area (Å²) in [6.45, 7) is 2.70. The van der Waals surface area contributed by atoms with Crippen LogP contribution in [0.15, 0.2) is 60.8 Å². The van der Waals surface area contributed by atoms with Gasteiger partial charge in [0.1, 0.15) is 48.8 Å². The number of hydrogen-bond acceptors (Lipinski definition) is 13. The Kier molecular flexibility index (Phi) is 34.9. The average Bonchev–Trinajstić information content (AvgIpc) is 3.31. The third-order valence-corrected chi connectivity index (χ3v) is 12.2. The lowest BCUT2D eigenvalue weighted by Crippen LogP contribution is -2.65. The molecule has 14 heteroatoms. The molecule has 0 bridgehead atoms. The van der Waals surface area contributed by atoms with Crippen molar-refractivity contribution in [3.8, 4) is 0 Å². The van der Waals surface area contributed by atoms with Gasteiger partial charge in [-0.3, -0.25) is 4.79 Å². The predicted octanol–water partition coefficient (Wildman–Crippen LogP) is 6.66. The first-order chi connectivity index (χ1) is 32.1. The first kappa shape index (κ1) is 59.8. The molecule has 14 nitrogen and oxygen atoms in total. The molecule has 2 fully saturated rings. The van der Waals surface area contributed by atoms with Crippen molar-refractivity contribution < 1.29 is 64.6 Å². The molecule has 2 saturated heterocycles. The lowest BCUT2D eigenvalue weighted by Gasteiger charge is -2.46. The standard InChI is InChI=1S/C52H91NO13/c1-3-5-7-9-11-13-15-17-19-20-22-23-25-27-29-31-33-35-41(56)40(53-44(57)36-34-32-30-28-26-24-21-18-16-14-12-10-8-6-4-2)39-63-51-49(62)47(60)50(43(38-55)65-51)66-52-48(61)46(59)45(58)42(37-54)64-52/h12,14,18-21,25,27,33,35,40-43,45-52,54-56,58-62H,3-11,13,15-17,22-24,26,28-32,34,36-39H2,1-2H3,(H,53,57)/b14-12-,20-19+,21-18-,27-25+,35-33+. The Balaban J connectivity index is 1.89. The highest BCUT2D eigenvalue weighted by Crippen LogP contribution is 2.30. The summed E-state index contributed by atoms with van der Waals surface area (Å²) in [5.74, 6) is -0.271. The van der Waals surface area contributed by atoms with Crippen molar-refractivity contribution in [3.63, 3.8) is 0 Å².